The molecule has 1 N–H and O–H groups in total. The number of hydrogen-bond donors (Lipinski definition) is 1. The van der Waals surface area contributed by atoms with Crippen LogP contribution in [0.4, 0.5) is 0 Å². The van der Waals surface area contributed by atoms with Crippen molar-refractivity contribution >= 4 is 17.2 Å². The van der Waals surface area contributed by atoms with Crippen LogP contribution in [-0.4, -0.2) is 45.1 Å². The van der Waals surface area contributed by atoms with Gasteiger partial charge in [0.1, 0.15) is 0 Å². The lowest BCUT2D eigenvalue weighted by molar-refractivity contribution is 0.0930. The van der Waals surface area contributed by atoms with Gasteiger partial charge in [0.25, 0.3) is 5.91 Å². The fourth-order valence-electron chi connectivity index (χ4n) is 3.03. The van der Waals surface area contributed by atoms with E-state index in [2.05, 4.69) is 20.6 Å². The molecule has 0 spiro atoms. The maximum Gasteiger partial charge on any atom is 0.273 e. The summed E-state index contributed by atoms with van der Waals surface area (Å²) in [5.74, 6) is -0.214. The standard InChI is InChI=1S/C19H21N5O2S/c25-19(16-12-24(23-22-16)11-15-7-4-10-26-15)20-9-8-18-21-17(13-27-18)14-5-2-1-3-6-14/h1-3,5-6,12-13,15H,4,7-11H2,(H,20,25)/t15-/m0/s1. The average molecular weight is 383 g/mol. The van der Waals surface area contributed by atoms with E-state index in [1.54, 1.807) is 22.2 Å². The van der Waals surface area contributed by atoms with Gasteiger partial charge in [-0.15, -0.1) is 16.4 Å². The lowest BCUT2D eigenvalue weighted by atomic mass is 10.2. The number of thiazole rings is 1. The summed E-state index contributed by atoms with van der Waals surface area (Å²) in [4.78, 5) is 16.9. The van der Waals surface area contributed by atoms with Crippen molar-refractivity contribution in [3.8, 4) is 11.3 Å². The van der Waals surface area contributed by atoms with Crippen molar-refractivity contribution in [3.05, 3.63) is 52.6 Å². The van der Waals surface area contributed by atoms with Crippen LogP contribution in [0.25, 0.3) is 11.3 Å². The molecule has 1 aliphatic heterocycles. The van der Waals surface area contributed by atoms with Gasteiger partial charge in [-0.3, -0.25) is 4.79 Å². The molecule has 1 atom stereocenters. The molecule has 1 fully saturated rings. The zero-order valence-electron chi connectivity index (χ0n) is 14.9. The Hall–Kier alpha value is -2.58. The van der Waals surface area contributed by atoms with E-state index in [9.17, 15) is 4.79 Å². The molecule has 0 bridgehead atoms. The van der Waals surface area contributed by atoms with Crippen LogP contribution in [-0.2, 0) is 17.7 Å². The van der Waals surface area contributed by atoms with E-state index >= 15 is 0 Å². The highest BCUT2D eigenvalue weighted by Gasteiger charge is 2.18. The van der Waals surface area contributed by atoms with E-state index in [1.165, 1.54) is 0 Å². The lowest BCUT2D eigenvalue weighted by Crippen LogP contribution is -2.26. The SMILES string of the molecule is O=C(NCCc1nc(-c2ccccc2)cs1)c1cn(C[C@@H]2CCCO2)nn1. The van der Waals surface area contributed by atoms with E-state index in [0.29, 0.717) is 25.2 Å². The van der Waals surface area contributed by atoms with Gasteiger partial charge in [-0.2, -0.15) is 0 Å². The first-order valence-corrected chi connectivity index (χ1v) is 9.95. The Labute approximate surface area is 161 Å². The van der Waals surface area contributed by atoms with Crippen LogP contribution in [0.15, 0.2) is 41.9 Å². The Bertz CT molecular complexity index is 886. The number of nitrogens with zero attached hydrogens (tertiary/aromatic N) is 4. The number of carbonyl (C=O) groups excluding carboxylic acids is 1. The molecule has 1 aliphatic rings. The normalized spacial score (nSPS) is 16.5. The van der Waals surface area contributed by atoms with Gasteiger partial charge in [-0.05, 0) is 12.8 Å². The summed E-state index contributed by atoms with van der Waals surface area (Å²) < 4.78 is 7.26. The topological polar surface area (TPSA) is 81.9 Å². The van der Waals surface area contributed by atoms with Crippen molar-refractivity contribution in [1.82, 2.24) is 25.3 Å². The van der Waals surface area contributed by atoms with Gasteiger partial charge in [-0.1, -0.05) is 35.5 Å². The maximum atomic E-state index is 12.2. The van der Waals surface area contributed by atoms with Gasteiger partial charge in [0, 0.05) is 30.5 Å². The van der Waals surface area contributed by atoms with E-state index in [4.69, 9.17) is 4.74 Å². The smallest absolute Gasteiger partial charge is 0.273 e. The highest BCUT2D eigenvalue weighted by Crippen LogP contribution is 2.21. The molecule has 0 saturated carbocycles. The second-order valence-electron chi connectivity index (χ2n) is 6.46. The molecular formula is C19H21N5O2S. The quantitative estimate of drug-likeness (QED) is 0.678. The van der Waals surface area contributed by atoms with Crippen LogP contribution in [0.3, 0.4) is 0 Å². The minimum absolute atomic E-state index is 0.173. The van der Waals surface area contributed by atoms with Crippen molar-refractivity contribution in [2.45, 2.75) is 31.9 Å². The molecule has 2 aromatic heterocycles. The molecule has 3 aromatic rings. The molecule has 0 unspecified atom stereocenters. The summed E-state index contributed by atoms with van der Waals surface area (Å²) in [6.07, 6.45) is 4.64. The summed E-state index contributed by atoms with van der Waals surface area (Å²) in [5.41, 5.74) is 2.41. The number of amides is 1. The molecule has 0 aliphatic carbocycles. The number of nitrogens with one attached hydrogen (secondary N) is 1. The minimum Gasteiger partial charge on any atom is -0.376 e. The zero-order valence-corrected chi connectivity index (χ0v) is 15.7. The molecule has 7 nitrogen and oxygen atoms in total. The van der Waals surface area contributed by atoms with Crippen molar-refractivity contribution in [1.29, 1.82) is 0 Å². The maximum absolute atomic E-state index is 12.2. The highest BCUT2D eigenvalue weighted by atomic mass is 32.1. The Kier molecular flexibility index (Phi) is 5.55. The predicted molar refractivity (Wildman–Crippen MR) is 103 cm³/mol. The number of aromatic nitrogens is 4. The molecule has 8 heteroatoms. The first-order chi connectivity index (χ1) is 13.3. The van der Waals surface area contributed by atoms with Crippen LogP contribution in [0, 0.1) is 0 Å². The number of hydrogen-bond acceptors (Lipinski definition) is 6. The number of rotatable bonds is 7. The molecule has 140 valence electrons. The largest absolute Gasteiger partial charge is 0.376 e. The number of carbonyl (C=O) groups is 1. The summed E-state index contributed by atoms with van der Waals surface area (Å²) >= 11 is 1.61. The molecular weight excluding hydrogens is 362 g/mol. The molecule has 27 heavy (non-hydrogen) atoms. The van der Waals surface area contributed by atoms with E-state index in [1.807, 2.05) is 35.7 Å². The molecule has 1 amide bonds. The highest BCUT2D eigenvalue weighted by molar-refractivity contribution is 7.09. The van der Waals surface area contributed by atoms with Gasteiger partial charge < -0.3 is 10.1 Å². The van der Waals surface area contributed by atoms with Crippen molar-refractivity contribution in [2.24, 2.45) is 0 Å². The number of benzene rings is 1. The summed E-state index contributed by atoms with van der Waals surface area (Å²) in [7, 11) is 0. The Balaban J connectivity index is 1.26. The summed E-state index contributed by atoms with van der Waals surface area (Å²) in [6.45, 7) is 1.95. The summed E-state index contributed by atoms with van der Waals surface area (Å²) in [5, 5.41) is 13.9. The molecule has 1 saturated heterocycles. The van der Waals surface area contributed by atoms with Gasteiger partial charge in [0.2, 0.25) is 0 Å². The minimum atomic E-state index is -0.214. The summed E-state index contributed by atoms with van der Waals surface area (Å²) in [6, 6.07) is 10.1. The van der Waals surface area contributed by atoms with Gasteiger partial charge in [0.05, 0.1) is 29.5 Å². The first kappa shape index (κ1) is 17.8. The fraction of sp³-hybridized carbons (Fsp3) is 0.368. The Morgan fingerprint density at radius 3 is 3.04 bits per heavy atom. The third kappa shape index (κ3) is 4.58. The van der Waals surface area contributed by atoms with Crippen molar-refractivity contribution < 1.29 is 9.53 Å². The molecule has 0 radical (unpaired) electrons. The van der Waals surface area contributed by atoms with Gasteiger partial charge >= 0.3 is 0 Å². The first-order valence-electron chi connectivity index (χ1n) is 9.08. The van der Waals surface area contributed by atoms with Crippen LogP contribution >= 0.6 is 11.3 Å². The third-order valence-electron chi connectivity index (χ3n) is 4.43. The van der Waals surface area contributed by atoms with Gasteiger partial charge in [-0.25, -0.2) is 9.67 Å². The molecule has 3 heterocycles. The third-order valence-corrected chi connectivity index (χ3v) is 5.34. The monoisotopic (exact) mass is 383 g/mol. The lowest BCUT2D eigenvalue weighted by Gasteiger charge is -2.07. The average Bonchev–Trinajstić information content (AvgIpc) is 3.45. The van der Waals surface area contributed by atoms with Crippen molar-refractivity contribution in [2.75, 3.05) is 13.2 Å². The van der Waals surface area contributed by atoms with Crippen LogP contribution in [0.1, 0.15) is 28.3 Å². The zero-order chi connectivity index (χ0) is 18.5. The number of ether oxygens (including phenoxy) is 1. The van der Waals surface area contributed by atoms with Gasteiger partial charge in [0.15, 0.2) is 5.69 Å². The van der Waals surface area contributed by atoms with Crippen LogP contribution < -0.4 is 5.32 Å². The second kappa shape index (κ2) is 8.41. The molecule has 4 rings (SSSR count). The Morgan fingerprint density at radius 1 is 1.33 bits per heavy atom. The fourth-order valence-corrected chi connectivity index (χ4v) is 3.84. The predicted octanol–water partition coefficient (Wildman–Crippen LogP) is 2.55. The van der Waals surface area contributed by atoms with E-state index in [-0.39, 0.29) is 12.0 Å². The van der Waals surface area contributed by atoms with Crippen molar-refractivity contribution in [3.63, 3.8) is 0 Å². The van der Waals surface area contributed by atoms with E-state index in [0.717, 1.165) is 35.7 Å². The Morgan fingerprint density at radius 2 is 2.22 bits per heavy atom. The molecule has 1 aromatic carbocycles. The van der Waals surface area contributed by atoms with Crippen LogP contribution in [0.5, 0.6) is 0 Å². The van der Waals surface area contributed by atoms with E-state index < -0.39 is 0 Å². The second-order valence-corrected chi connectivity index (χ2v) is 7.40. The van der Waals surface area contributed by atoms with Crippen LogP contribution in [0.2, 0.25) is 0 Å².